The molecule has 0 aliphatic carbocycles. The molecule has 1 aliphatic rings. The Balaban J connectivity index is 1.31. The fourth-order valence-corrected chi connectivity index (χ4v) is 6.46. The van der Waals surface area contributed by atoms with Crippen LogP contribution >= 0.6 is 11.8 Å². The van der Waals surface area contributed by atoms with Crippen molar-refractivity contribution in [3.63, 3.8) is 0 Å². The number of thioether (sulfide) groups is 1. The fraction of sp³-hybridized carbons (Fsp3) is 0.256. The summed E-state index contributed by atoms with van der Waals surface area (Å²) in [7, 11) is 0. The number of aromatic nitrogens is 1. The maximum Gasteiger partial charge on any atom is 0.138 e. The van der Waals surface area contributed by atoms with Gasteiger partial charge in [-0.25, -0.2) is 4.98 Å². The van der Waals surface area contributed by atoms with Crippen molar-refractivity contribution in [2.75, 3.05) is 6.61 Å². The van der Waals surface area contributed by atoms with E-state index in [2.05, 4.69) is 53.5 Å². The molecule has 1 fully saturated rings. The minimum atomic E-state index is -0.471. The average Bonchev–Trinajstić information content (AvgIpc) is 3.12. The van der Waals surface area contributed by atoms with Crippen molar-refractivity contribution < 1.29 is 23.7 Å². The van der Waals surface area contributed by atoms with E-state index in [9.17, 15) is 0 Å². The minimum Gasteiger partial charge on any atom is -0.374 e. The molecule has 0 spiro atoms. The third kappa shape index (κ3) is 9.36. The van der Waals surface area contributed by atoms with E-state index in [4.69, 9.17) is 23.7 Å². The van der Waals surface area contributed by atoms with Gasteiger partial charge in [-0.3, -0.25) is 0 Å². The molecule has 2 heterocycles. The summed E-state index contributed by atoms with van der Waals surface area (Å²) in [5.41, 5.74) is 3.88. The van der Waals surface area contributed by atoms with Gasteiger partial charge in [0.1, 0.15) is 29.9 Å². The largest absolute Gasteiger partial charge is 0.374 e. The molecule has 5 atom stereocenters. The Morgan fingerprint density at radius 2 is 0.957 bits per heavy atom. The van der Waals surface area contributed by atoms with Gasteiger partial charge in [-0.15, -0.1) is 0 Å². The number of hydrogen-bond donors (Lipinski definition) is 0. The van der Waals surface area contributed by atoms with Gasteiger partial charge >= 0.3 is 0 Å². The van der Waals surface area contributed by atoms with Gasteiger partial charge in [0.25, 0.3) is 0 Å². The second-order valence-corrected chi connectivity index (χ2v) is 12.2. The molecule has 1 aromatic heterocycles. The van der Waals surface area contributed by atoms with E-state index in [-0.39, 0.29) is 0 Å². The highest BCUT2D eigenvalue weighted by atomic mass is 32.2. The van der Waals surface area contributed by atoms with Crippen molar-refractivity contribution in [1.29, 1.82) is 0 Å². The Morgan fingerprint density at radius 3 is 1.46 bits per heavy atom. The number of nitrogens with zero attached hydrogens (tertiary/aromatic N) is 1. The number of ether oxygens (including phenoxy) is 5. The van der Waals surface area contributed by atoms with Crippen LogP contribution in [0.3, 0.4) is 0 Å². The summed E-state index contributed by atoms with van der Waals surface area (Å²) in [6.07, 6.45) is -0.0392. The molecule has 1 aliphatic heterocycles. The molecule has 0 bridgehead atoms. The second-order valence-electron chi connectivity index (χ2n) is 11.1. The first-order valence-electron chi connectivity index (χ1n) is 15.6. The third-order valence-corrected chi connectivity index (χ3v) is 8.81. The van der Waals surface area contributed by atoms with E-state index in [1.165, 1.54) is 11.8 Å². The standard InChI is InChI=1S/C39H39NO5S/c1-5-15-30(16-6-1)25-41-29-34-36(42-26-31-17-7-2-8-18-31)37(43-27-32-19-9-3-10-20-32)38(44-28-33-21-11-4-12-22-33)39(45-34)46-35-23-13-14-24-40-35/h1-24,34,36-39H,25-29H2/t34-,36+,37+,38-,39+/m1/s1. The monoisotopic (exact) mass is 633 g/mol. The molecule has 7 heteroatoms. The van der Waals surface area contributed by atoms with Gasteiger partial charge in [0, 0.05) is 6.20 Å². The van der Waals surface area contributed by atoms with Crippen LogP contribution in [-0.4, -0.2) is 41.4 Å². The van der Waals surface area contributed by atoms with E-state index in [0.717, 1.165) is 27.3 Å². The van der Waals surface area contributed by atoms with Gasteiger partial charge in [-0.1, -0.05) is 139 Å². The molecule has 0 amide bonds. The summed E-state index contributed by atoms with van der Waals surface area (Å²) in [6, 6.07) is 46.6. The van der Waals surface area contributed by atoms with E-state index in [0.29, 0.717) is 33.0 Å². The van der Waals surface area contributed by atoms with Crippen molar-refractivity contribution in [1.82, 2.24) is 4.98 Å². The zero-order valence-corrected chi connectivity index (χ0v) is 26.5. The molecule has 5 aromatic rings. The third-order valence-electron chi connectivity index (χ3n) is 7.72. The number of hydrogen-bond acceptors (Lipinski definition) is 7. The zero-order valence-electron chi connectivity index (χ0n) is 25.7. The number of pyridine rings is 1. The Hall–Kier alpha value is -3.82. The fourth-order valence-electron chi connectivity index (χ4n) is 5.38. The van der Waals surface area contributed by atoms with E-state index in [1.54, 1.807) is 6.20 Å². The van der Waals surface area contributed by atoms with Gasteiger partial charge in [-0.2, -0.15) is 0 Å². The predicted molar refractivity (Wildman–Crippen MR) is 180 cm³/mol. The first-order chi connectivity index (χ1) is 22.8. The lowest BCUT2D eigenvalue weighted by atomic mass is 9.98. The summed E-state index contributed by atoms with van der Waals surface area (Å²) in [5, 5.41) is 0.843. The highest BCUT2D eigenvalue weighted by molar-refractivity contribution is 7.99. The Bertz CT molecular complexity index is 1550. The van der Waals surface area contributed by atoms with Crippen LogP contribution < -0.4 is 0 Å². The summed E-state index contributed by atoms with van der Waals surface area (Å²) in [5.74, 6) is 0. The molecule has 6 nitrogen and oxygen atoms in total. The van der Waals surface area contributed by atoms with Crippen LogP contribution in [0.2, 0.25) is 0 Å². The average molecular weight is 634 g/mol. The van der Waals surface area contributed by atoms with Crippen LogP contribution in [0.5, 0.6) is 0 Å². The van der Waals surface area contributed by atoms with Gasteiger partial charge in [0.05, 0.1) is 38.1 Å². The second kappa shape index (κ2) is 17.2. The lowest BCUT2D eigenvalue weighted by Crippen LogP contribution is -2.60. The minimum absolute atomic E-state index is 0.324. The molecule has 0 N–H and O–H groups in total. The van der Waals surface area contributed by atoms with E-state index < -0.39 is 29.9 Å². The molecule has 46 heavy (non-hydrogen) atoms. The normalized spacial score (nSPS) is 21.2. The Labute approximate surface area is 275 Å². The summed E-state index contributed by atoms with van der Waals surface area (Å²) in [6.45, 7) is 2.00. The van der Waals surface area contributed by atoms with Crippen molar-refractivity contribution in [3.8, 4) is 0 Å². The predicted octanol–water partition coefficient (Wildman–Crippen LogP) is 7.87. The lowest BCUT2D eigenvalue weighted by Gasteiger charge is -2.46. The van der Waals surface area contributed by atoms with Gasteiger partial charge < -0.3 is 23.7 Å². The van der Waals surface area contributed by atoms with E-state index in [1.807, 2.05) is 91.0 Å². The first kappa shape index (κ1) is 32.1. The molecule has 1 saturated heterocycles. The van der Waals surface area contributed by atoms with Crippen molar-refractivity contribution in [2.45, 2.75) is 61.3 Å². The van der Waals surface area contributed by atoms with Crippen LogP contribution in [0, 0.1) is 0 Å². The molecule has 4 aromatic carbocycles. The Kier molecular flexibility index (Phi) is 12.0. The molecule has 0 saturated carbocycles. The van der Waals surface area contributed by atoms with E-state index >= 15 is 0 Å². The molecular formula is C39H39NO5S. The summed E-state index contributed by atoms with van der Waals surface area (Å²) >= 11 is 1.53. The van der Waals surface area contributed by atoms with Crippen LogP contribution in [0.4, 0.5) is 0 Å². The smallest absolute Gasteiger partial charge is 0.138 e. The van der Waals surface area contributed by atoms with Crippen LogP contribution in [0.15, 0.2) is 151 Å². The summed E-state index contributed by atoms with van der Waals surface area (Å²) in [4.78, 5) is 4.59. The van der Waals surface area contributed by atoms with Gasteiger partial charge in [0.2, 0.25) is 0 Å². The quantitative estimate of drug-likeness (QED) is 0.116. The van der Waals surface area contributed by atoms with Crippen LogP contribution in [0.25, 0.3) is 0 Å². The lowest BCUT2D eigenvalue weighted by molar-refractivity contribution is -0.254. The molecule has 6 rings (SSSR count). The van der Waals surface area contributed by atoms with Crippen LogP contribution in [-0.2, 0) is 50.1 Å². The Morgan fingerprint density at radius 1 is 0.500 bits per heavy atom. The first-order valence-corrected chi connectivity index (χ1v) is 16.5. The van der Waals surface area contributed by atoms with Crippen molar-refractivity contribution in [3.05, 3.63) is 168 Å². The molecule has 236 valence electrons. The van der Waals surface area contributed by atoms with Gasteiger partial charge in [0.15, 0.2) is 0 Å². The maximum absolute atomic E-state index is 6.88. The van der Waals surface area contributed by atoms with Gasteiger partial charge in [-0.05, 0) is 34.4 Å². The topological polar surface area (TPSA) is 59.0 Å². The highest BCUT2D eigenvalue weighted by Gasteiger charge is 2.49. The molecule has 0 radical (unpaired) electrons. The van der Waals surface area contributed by atoms with Crippen molar-refractivity contribution >= 4 is 11.8 Å². The number of benzene rings is 4. The highest BCUT2D eigenvalue weighted by Crippen LogP contribution is 2.38. The zero-order chi connectivity index (χ0) is 31.2. The molecule has 0 unspecified atom stereocenters. The SMILES string of the molecule is c1ccc(COC[C@H]2O[C@@H](Sc3ccccn3)[C@H](OCc3ccccc3)[C@@H](OCc3ccccc3)[C@H]2OCc2ccccc2)cc1. The molecular weight excluding hydrogens is 594 g/mol. The summed E-state index contributed by atoms with van der Waals surface area (Å²) < 4.78 is 33.5. The number of rotatable bonds is 15. The maximum atomic E-state index is 6.88. The van der Waals surface area contributed by atoms with Crippen LogP contribution in [0.1, 0.15) is 22.3 Å². The van der Waals surface area contributed by atoms with Crippen molar-refractivity contribution in [2.24, 2.45) is 0 Å².